The molecule has 0 spiro atoms. The van der Waals surface area contributed by atoms with Crippen molar-refractivity contribution in [1.82, 2.24) is 15.6 Å². The predicted molar refractivity (Wildman–Crippen MR) is 66.3 cm³/mol. The van der Waals surface area contributed by atoms with Crippen LogP contribution in [0.25, 0.3) is 0 Å². The van der Waals surface area contributed by atoms with Crippen LogP contribution in [0.15, 0.2) is 18.3 Å². The minimum absolute atomic E-state index is 0.522. The van der Waals surface area contributed by atoms with Gasteiger partial charge in [-0.15, -0.1) is 0 Å². The Morgan fingerprint density at radius 2 is 2.31 bits per heavy atom. The third-order valence-corrected chi connectivity index (χ3v) is 2.91. The monoisotopic (exact) mass is 219 g/mol. The highest BCUT2D eigenvalue weighted by Gasteiger charge is 2.20. The fraction of sp³-hybridized carbons (Fsp3) is 0.615. The molecule has 0 radical (unpaired) electrons. The summed E-state index contributed by atoms with van der Waals surface area (Å²) in [6.45, 7) is 6.25. The van der Waals surface area contributed by atoms with Crippen molar-refractivity contribution in [3.05, 3.63) is 29.6 Å². The number of nitrogens with zero attached hydrogens (tertiary/aromatic N) is 1. The van der Waals surface area contributed by atoms with E-state index in [-0.39, 0.29) is 0 Å². The fourth-order valence-corrected chi connectivity index (χ4v) is 1.71. The average Bonchev–Trinajstić information content (AvgIpc) is 3.07. The van der Waals surface area contributed by atoms with Crippen molar-refractivity contribution in [1.29, 1.82) is 0 Å². The van der Waals surface area contributed by atoms with Crippen molar-refractivity contribution in [2.45, 2.75) is 45.3 Å². The second-order valence-electron chi connectivity index (χ2n) is 4.77. The smallest absolute Gasteiger partial charge is 0.0375 e. The molecule has 1 aromatic heterocycles. The summed E-state index contributed by atoms with van der Waals surface area (Å²) in [5.74, 6) is 0. The van der Waals surface area contributed by atoms with Crippen LogP contribution in [-0.4, -0.2) is 23.6 Å². The molecule has 1 saturated carbocycles. The second kappa shape index (κ2) is 5.41. The number of rotatable bonds is 6. The maximum Gasteiger partial charge on any atom is 0.0375 e. The molecule has 2 N–H and O–H groups in total. The van der Waals surface area contributed by atoms with Gasteiger partial charge in [-0.25, -0.2) is 0 Å². The maximum absolute atomic E-state index is 4.19. The first-order valence-corrected chi connectivity index (χ1v) is 6.12. The lowest BCUT2D eigenvalue weighted by Crippen LogP contribution is -2.36. The Morgan fingerprint density at radius 1 is 1.50 bits per heavy atom. The SMILES string of the molecule is Cc1cc(CNC(C)CNC2CC2)ccn1. The summed E-state index contributed by atoms with van der Waals surface area (Å²) in [5.41, 5.74) is 2.40. The van der Waals surface area contributed by atoms with Gasteiger partial charge in [0, 0.05) is 37.1 Å². The van der Waals surface area contributed by atoms with Crippen LogP contribution >= 0.6 is 0 Å². The van der Waals surface area contributed by atoms with Crippen LogP contribution in [0, 0.1) is 6.92 Å². The van der Waals surface area contributed by atoms with Gasteiger partial charge in [0.25, 0.3) is 0 Å². The zero-order chi connectivity index (χ0) is 11.4. The van der Waals surface area contributed by atoms with Gasteiger partial charge in [0.15, 0.2) is 0 Å². The maximum atomic E-state index is 4.19. The van der Waals surface area contributed by atoms with E-state index in [1.807, 2.05) is 13.1 Å². The topological polar surface area (TPSA) is 37.0 Å². The summed E-state index contributed by atoms with van der Waals surface area (Å²) in [6.07, 6.45) is 4.59. The van der Waals surface area contributed by atoms with Gasteiger partial charge in [-0.1, -0.05) is 0 Å². The first-order chi connectivity index (χ1) is 7.74. The van der Waals surface area contributed by atoms with E-state index < -0.39 is 0 Å². The number of nitrogens with one attached hydrogen (secondary N) is 2. The number of hydrogen-bond acceptors (Lipinski definition) is 3. The van der Waals surface area contributed by atoms with Crippen LogP contribution in [0.5, 0.6) is 0 Å². The molecule has 0 aliphatic heterocycles. The van der Waals surface area contributed by atoms with Gasteiger partial charge in [0.05, 0.1) is 0 Å². The van der Waals surface area contributed by atoms with E-state index in [1.165, 1.54) is 18.4 Å². The molecule has 1 fully saturated rings. The molecule has 1 heterocycles. The van der Waals surface area contributed by atoms with E-state index in [9.17, 15) is 0 Å². The van der Waals surface area contributed by atoms with Gasteiger partial charge in [0.2, 0.25) is 0 Å². The average molecular weight is 219 g/mol. The molecule has 2 rings (SSSR count). The number of aryl methyl sites for hydroxylation is 1. The lowest BCUT2D eigenvalue weighted by molar-refractivity contribution is 0.500. The Balaban J connectivity index is 1.69. The van der Waals surface area contributed by atoms with Crippen molar-refractivity contribution in [3.8, 4) is 0 Å². The molecular formula is C13H21N3. The molecule has 16 heavy (non-hydrogen) atoms. The molecule has 88 valence electrons. The highest BCUT2D eigenvalue weighted by atomic mass is 15.0. The first-order valence-electron chi connectivity index (χ1n) is 6.12. The molecule has 3 nitrogen and oxygen atoms in total. The van der Waals surface area contributed by atoms with E-state index in [0.717, 1.165) is 24.8 Å². The largest absolute Gasteiger partial charge is 0.312 e. The molecule has 0 amide bonds. The minimum Gasteiger partial charge on any atom is -0.312 e. The van der Waals surface area contributed by atoms with E-state index in [4.69, 9.17) is 0 Å². The highest BCUT2D eigenvalue weighted by molar-refractivity contribution is 5.15. The summed E-state index contributed by atoms with van der Waals surface area (Å²) in [5, 5.41) is 7.05. The molecule has 0 saturated heterocycles. The molecule has 1 aliphatic carbocycles. The Morgan fingerprint density at radius 3 is 3.00 bits per heavy atom. The zero-order valence-electron chi connectivity index (χ0n) is 10.2. The third kappa shape index (κ3) is 3.91. The predicted octanol–water partition coefficient (Wildman–Crippen LogP) is 1.62. The van der Waals surface area contributed by atoms with Gasteiger partial charge >= 0.3 is 0 Å². The quantitative estimate of drug-likeness (QED) is 0.763. The second-order valence-corrected chi connectivity index (χ2v) is 4.77. The van der Waals surface area contributed by atoms with E-state index in [1.54, 1.807) is 0 Å². The molecule has 0 aromatic carbocycles. The normalized spacial score (nSPS) is 17.4. The van der Waals surface area contributed by atoms with Gasteiger partial charge in [-0.2, -0.15) is 0 Å². The molecular weight excluding hydrogens is 198 g/mol. The van der Waals surface area contributed by atoms with Crippen molar-refractivity contribution >= 4 is 0 Å². The van der Waals surface area contributed by atoms with Gasteiger partial charge < -0.3 is 10.6 Å². The van der Waals surface area contributed by atoms with Crippen molar-refractivity contribution < 1.29 is 0 Å². The van der Waals surface area contributed by atoms with Crippen LogP contribution < -0.4 is 10.6 Å². The van der Waals surface area contributed by atoms with Gasteiger partial charge in [0.1, 0.15) is 0 Å². The van der Waals surface area contributed by atoms with E-state index in [0.29, 0.717) is 6.04 Å². The Kier molecular flexibility index (Phi) is 3.91. The summed E-state index contributed by atoms with van der Waals surface area (Å²) in [6, 6.07) is 5.52. The Labute approximate surface area is 97.7 Å². The van der Waals surface area contributed by atoms with Crippen molar-refractivity contribution in [2.75, 3.05) is 6.54 Å². The summed E-state index contributed by atoms with van der Waals surface area (Å²) in [4.78, 5) is 4.19. The number of aromatic nitrogens is 1. The molecule has 3 heteroatoms. The van der Waals surface area contributed by atoms with Crippen LogP contribution in [0.2, 0.25) is 0 Å². The van der Waals surface area contributed by atoms with Crippen LogP contribution in [0.3, 0.4) is 0 Å². The molecule has 1 atom stereocenters. The standard InChI is InChI=1S/C13H21N3/c1-10-7-12(5-6-14-10)9-15-11(2)8-16-13-3-4-13/h5-7,11,13,15-16H,3-4,8-9H2,1-2H3. The third-order valence-electron chi connectivity index (χ3n) is 2.91. The molecule has 0 bridgehead atoms. The summed E-state index contributed by atoms with van der Waals surface area (Å²) < 4.78 is 0. The minimum atomic E-state index is 0.522. The first kappa shape index (κ1) is 11.6. The van der Waals surface area contributed by atoms with Crippen molar-refractivity contribution in [2.24, 2.45) is 0 Å². The van der Waals surface area contributed by atoms with Crippen LogP contribution in [0.1, 0.15) is 31.0 Å². The lowest BCUT2D eigenvalue weighted by Gasteiger charge is -2.14. The molecule has 1 aliphatic rings. The lowest BCUT2D eigenvalue weighted by atomic mass is 10.2. The zero-order valence-corrected chi connectivity index (χ0v) is 10.2. The Bertz CT molecular complexity index is 334. The van der Waals surface area contributed by atoms with Gasteiger partial charge in [-0.3, -0.25) is 4.98 Å². The van der Waals surface area contributed by atoms with Gasteiger partial charge in [-0.05, 0) is 44.4 Å². The number of pyridine rings is 1. The van der Waals surface area contributed by atoms with E-state index >= 15 is 0 Å². The fourth-order valence-electron chi connectivity index (χ4n) is 1.71. The summed E-state index contributed by atoms with van der Waals surface area (Å²) >= 11 is 0. The summed E-state index contributed by atoms with van der Waals surface area (Å²) in [7, 11) is 0. The number of hydrogen-bond donors (Lipinski definition) is 2. The van der Waals surface area contributed by atoms with Crippen LogP contribution in [-0.2, 0) is 6.54 Å². The Hall–Kier alpha value is -0.930. The van der Waals surface area contributed by atoms with Crippen molar-refractivity contribution in [3.63, 3.8) is 0 Å². The molecule has 1 aromatic rings. The molecule has 1 unspecified atom stereocenters. The van der Waals surface area contributed by atoms with Crippen LogP contribution in [0.4, 0.5) is 0 Å². The van der Waals surface area contributed by atoms with E-state index in [2.05, 4.69) is 34.7 Å². The highest BCUT2D eigenvalue weighted by Crippen LogP contribution is 2.18.